The molecule has 0 radical (unpaired) electrons. The van der Waals surface area contributed by atoms with E-state index in [1.807, 2.05) is 64.1 Å². The highest BCUT2D eigenvalue weighted by Gasteiger charge is 2.16. The van der Waals surface area contributed by atoms with Crippen molar-refractivity contribution < 1.29 is 9.53 Å². The van der Waals surface area contributed by atoms with Gasteiger partial charge in [0.1, 0.15) is 5.75 Å². The number of carbonyl (C=O) groups is 1. The highest BCUT2D eigenvalue weighted by molar-refractivity contribution is 5.94. The molecule has 3 heteroatoms. The Morgan fingerprint density at radius 2 is 1.68 bits per heavy atom. The van der Waals surface area contributed by atoms with E-state index in [1.54, 1.807) is 6.92 Å². The first-order valence-electron chi connectivity index (χ1n) is 7.49. The smallest absolute Gasteiger partial charge is 0.265 e. The normalized spacial score (nSPS) is 11.9. The molecule has 0 aliphatic rings. The number of benzene rings is 2. The van der Waals surface area contributed by atoms with E-state index in [9.17, 15) is 4.79 Å². The molecule has 0 saturated carbocycles. The van der Waals surface area contributed by atoms with Crippen molar-refractivity contribution >= 4 is 11.6 Å². The molecule has 1 N–H and O–H groups in total. The highest BCUT2D eigenvalue weighted by Crippen LogP contribution is 2.21. The van der Waals surface area contributed by atoms with Crippen molar-refractivity contribution in [2.45, 2.75) is 40.7 Å². The lowest BCUT2D eigenvalue weighted by Gasteiger charge is -2.17. The van der Waals surface area contributed by atoms with Gasteiger partial charge in [0.05, 0.1) is 0 Å². The van der Waals surface area contributed by atoms with Gasteiger partial charge >= 0.3 is 0 Å². The fraction of sp³-hybridized carbons (Fsp3) is 0.316. The average Bonchev–Trinajstić information content (AvgIpc) is 2.45. The minimum atomic E-state index is -0.553. The summed E-state index contributed by atoms with van der Waals surface area (Å²) in [6.45, 7) is 9.85. The van der Waals surface area contributed by atoms with Gasteiger partial charge in [0.25, 0.3) is 5.91 Å². The van der Waals surface area contributed by atoms with Gasteiger partial charge in [0.2, 0.25) is 0 Å². The van der Waals surface area contributed by atoms with Gasteiger partial charge < -0.3 is 10.1 Å². The Hall–Kier alpha value is -2.29. The summed E-state index contributed by atoms with van der Waals surface area (Å²) in [5.74, 6) is 0.594. The van der Waals surface area contributed by atoms with Crippen LogP contribution in [-0.2, 0) is 4.79 Å². The molecule has 2 rings (SSSR count). The van der Waals surface area contributed by atoms with E-state index in [0.717, 1.165) is 22.6 Å². The molecule has 116 valence electrons. The SMILES string of the molecule is Cc1ccc(OC(C)C(=O)Nc2ccc(C)c(C)c2)c(C)c1. The first-order valence-corrected chi connectivity index (χ1v) is 7.49. The predicted molar refractivity (Wildman–Crippen MR) is 90.6 cm³/mol. The lowest BCUT2D eigenvalue weighted by atomic mass is 10.1. The molecule has 1 amide bonds. The largest absolute Gasteiger partial charge is 0.481 e. The number of hydrogen-bond donors (Lipinski definition) is 1. The molecule has 0 aliphatic carbocycles. The summed E-state index contributed by atoms with van der Waals surface area (Å²) in [6, 6.07) is 11.8. The fourth-order valence-electron chi connectivity index (χ4n) is 2.24. The zero-order valence-electron chi connectivity index (χ0n) is 13.9. The summed E-state index contributed by atoms with van der Waals surface area (Å²) in [5.41, 5.74) is 5.37. The van der Waals surface area contributed by atoms with Gasteiger partial charge in [-0.05, 0) is 69.5 Å². The van der Waals surface area contributed by atoms with Crippen LogP contribution in [0.3, 0.4) is 0 Å². The Balaban J connectivity index is 2.04. The molecule has 3 nitrogen and oxygen atoms in total. The van der Waals surface area contributed by atoms with Crippen molar-refractivity contribution in [2.24, 2.45) is 0 Å². The van der Waals surface area contributed by atoms with Crippen LogP contribution in [0.4, 0.5) is 5.69 Å². The summed E-state index contributed by atoms with van der Waals surface area (Å²) in [6.07, 6.45) is -0.553. The van der Waals surface area contributed by atoms with Crippen LogP contribution in [-0.4, -0.2) is 12.0 Å². The van der Waals surface area contributed by atoms with Crippen molar-refractivity contribution in [1.29, 1.82) is 0 Å². The second-order valence-electron chi connectivity index (χ2n) is 5.82. The Morgan fingerprint density at radius 1 is 0.955 bits per heavy atom. The third kappa shape index (κ3) is 3.88. The van der Waals surface area contributed by atoms with Crippen LogP contribution >= 0.6 is 0 Å². The Kier molecular flexibility index (Phi) is 4.86. The molecule has 2 aromatic rings. The minimum Gasteiger partial charge on any atom is -0.481 e. The number of carbonyl (C=O) groups excluding carboxylic acids is 1. The topological polar surface area (TPSA) is 38.3 Å². The minimum absolute atomic E-state index is 0.150. The molecule has 0 bridgehead atoms. The van der Waals surface area contributed by atoms with E-state index >= 15 is 0 Å². The van der Waals surface area contributed by atoms with E-state index in [1.165, 1.54) is 11.1 Å². The van der Waals surface area contributed by atoms with E-state index in [2.05, 4.69) is 5.32 Å². The van der Waals surface area contributed by atoms with Gasteiger partial charge in [-0.2, -0.15) is 0 Å². The molecular weight excluding hydrogens is 274 g/mol. The summed E-state index contributed by atoms with van der Waals surface area (Å²) in [4.78, 5) is 12.3. The highest BCUT2D eigenvalue weighted by atomic mass is 16.5. The van der Waals surface area contributed by atoms with Crippen molar-refractivity contribution in [2.75, 3.05) is 5.32 Å². The van der Waals surface area contributed by atoms with Crippen molar-refractivity contribution in [3.05, 3.63) is 58.7 Å². The molecule has 0 heterocycles. The number of aryl methyl sites for hydroxylation is 4. The second kappa shape index (κ2) is 6.65. The monoisotopic (exact) mass is 297 g/mol. The zero-order chi connectivity index (χ0) is 16.3. The van der Waals surface area contributed by atoms with E-state index < -0.39 is 6.10 Å². The molecule has 0 aromatic heterocycles. The van der Waals surface area contributed by atoms with Crippen molar-refractivity contribution in [1.82, 2.24) is 0 Å². The lowest BCUT2D eigenvalue weighted by Crippen LogP contribution is -2.30. The van der Waals surface area contributed by atoms with Gasteiger partial charge in [0, 0.05) is 5.69 Å². The molecule has 0 saturated heterocycles. The maximum absolute atomic E-state index is 12.3. The van der Waals surface area contributed by atoms with Crippen LogP contribution in [0, 0.1) is 27.7 Å². The van der Waals surface area contributed by atoms with Crippen LogP contribution in [0.15, 0.2) is 36.4 Å². The van der Waals surface area contributed by atoms with Crippen LogP contribution in [0.5, 0.6) is 5.75 Å². The van der Waals surface area contributed by atoms with Crippen molar-refractivity contribution in [3.63, 3.8) is 0 Å². The molecule has 0 aliphatic heterocycles. The van der Waals surface area contributed by atoms with Crippen LogP contribution in [0.2, 0.25) is 0 Å². The summed E-state index contributed by atoms with van der Waals surface area (Å²) in [7, 11) is 0. The standard InChI is InChI=1S/C19H23NO2/c1-12-6-9-18(15(4)10-12)22-16(5)19(21)20-17-8-7-13(2)14(3)11-17/h6-11,16H,1-5H3,(H,20,21). The predicted octanol–water partition coefficient (Wildman–Crippen LogP) is 4.33. The fourth-order valence-corrected chi connectivity index (χ4v) is 2.24. The number of nitrogens with one attached hydrogen (secondary N) is 1. The molecular formula is C19H23NO2. The molecule has 2 aromatic carbocycles. The van der Waals surface area contributed by atoms with E-state index in [-0.39, 0.29) is 5.91 Å². The van der Waals surface area contributed by atoms with E-state index in [0.29, 0.717) is 0 Å². The average molecular weight is 297 g/mol. The molecule has 1 atom stereocenters. The van der Waals surface area contributed by atoms with Crippen molar-refractivity contribution in [3.8, 4) is 5.75 Å². The summed E-state index contributed by atoms with van der Waals surface area (Å²) in [5, 5.41) is 2.90. The van der Waals surface area contributed by atoms with E-state index in [4.69, 9.17) is 4.74 Å². The third-order valence-corrected chi connectivity index (χ3v) is 3.78. The first-order chi connectivity index (χ1) is 10.4. The van der Waals surface area contributed by atoms with Crippen LogP contribution < -0.4 is 10.1 Å². The molecule has 22 heavy (non-hydrogen) atoms. The number of hydrogen-bond acceptors (Lipinski definition) is 2. The first kappa shape index (κ1) is 16.1. The second-order valence-corrected chi connectivity index (χ2v) is 5.82. The zero-order valence-corrected chi connectivity index (χ0v) is 13.9. The van der Waals surface area contributed by atoms with Gasteiger partial charge in [-0.15, -0.1) is 0 Å². The van der Waals surface area contributed by atoms with Gasteiger partial charge in [-0.3, -0.25) is 4.79 Å². The van der Waals surface area contributed by atoms with Gasteiger partial charge in [0.15, 0.2) is 6.10 Å². The summed E-state index contributed by atoms with van der Waals surface area (Å²) < 4.78 is 5.78. The Labute approximate surface area is 132 Å². The Morgan fingerprint density at radius 3 is 2.32 bits per heavy atom. The van der Waals surface area contributed by atoms with Crippen LogP contribution in [0.25, 0.3) is 0 Å². The van der Waals surface area contributed by atoms with Gasteiger partial charge in [-0.25, -0.2) is 0 Å². The van der Waals surface area contributed by atoms with Gasteiger partial charge in [-0.1, -0.05) is 23.8 Å². The number of anilines is 1. The summed E-state index contributed by atoms with van der Waals surface area (Å²) >= 11 is 0. The maximum atomic E-state index is 12.3. The lowest BCUT2D eigenvalue weighted by molar-refractivity contribution is -0.122. The third-order valence-electron chi connectivity index (χ3n) is 3.78. The number of ether oxygens (including phenoxy) is 1. The van der Waals surface area contributed by atoms with Crippen LogP contribution in [0.1, 0.15) is 29.2 Å². The molecule has 0 fully saturated rings. The number of rotatable bonds is 4. The number of amides is 1. The Bertz CT molecular complexity index is 692. The molecule has 1 unspecified atom stereocenters. The molecule has 0 spiro atoms. The maximum Gasteiger partial charge on any atom is 0.265 e. The quantitative estimate of drug-likeness (QED) is 0.912.